The summed E-state index contributed by atoms with van der Waals surface area (Å²) in [5, 5.41) is 3.05. The van der Waals surface area contributed by atoms with Crippen LogP contribution >= 0.6 is 12.4 Å². The minimum Gasteiger partial charge on any atom is -0.364 e. The van der Waals surface area contributed by atoms with Crippen LogP contribution in [0.3, 0.4) is 0 Å². The summed E-state index contributed by atoms with van der Waals surface area (Å²) >= 11 is 0. The van der Waals surface area contributed by atoms with Crippen molar-refractivity contribution in [3.63, 3.8) is 0 Å². The molecule has 1 saturated heterocycles. The van der Waals surface area contributed by atoms with E-state index in [0.717, 1.165) is 18.4 Å². The molecule has 0 aromatic heterocycles. The van der Waals surface area contributed by atoms with Gasteiger partial charge in [0.25, 0.3) is 0 Å². The molecule has 2 atom stereocenters. The highest BCUT2D eigenvalue weighted by Gasteiger charge is 2.33. The predicted molar refractivity (Wildman–Crippen MR) is 81.8 cm³/mol. The van der Waals surface area contributed by atoms with E-state index in [2.05, 4.69) is 5.32 Å². The number of nitrogens with one attached hydrogen (secondary N) is 1. The first-order chi connectivity index (χ1) is 9.03. The summed E-state index contributed by atoms with van der Waals surface area (Å²) in [6.07, 6.45) is 1.27. The summed E-state index contributed by atoms with van der Waals surface area (Å²) in [7, 11) is 0. The zero-order chi connectivity index (χ0) is 13.9. The third-order valence-corrected chi connectivity index (χ3v) is 3.59. The molecular formula is C15H23ClN2O2. The number of rotatable bonds is 4. The monoisotopic (exact) mass is 298 g/mol. The van der Waals surface area contributed by atoms with Crippen molar-refractivity contribution in [2.75, 3.05) is 6.54 Å². The molecule has 0 saturated carbocycles. The molecule has 0 unspecified atom stereocenters. The fraction of sp³-hybridized carbons (Fsp3) is 0.533. The average Bonchev–Trinajstić information content (AvgIpc) is 2.88. The molecule has 1 fully saturated rings. The van der Waals surface area contributed by atoms with E-state index in [1.165, 1.54) is 0 Å². The van der Waals surface area contributed by atoms with Gasteiger partial charge in [-0.2, -0.15) is 0 Å². The van der Waals surface area contributed by atoms with Gasteiger partial charge in [-0.15, -0.1) is 12.4 Å². The van der Waals surface area contributed by atoms with E-state index in [4.69, 9.17) is 10.5 Å². The van der Waals surface area contributed by atoms with Crippen LogP contribution in [-0.2, 0) is 15.1 Å². The van der Waals surface area contributed by atoms with E-state index in [9.17, 15) is 4.79 Å². The SMILES string of the molecule is CC(C)(NC(=O)[C@@H]1CC[C@H](CN)O1)c1ccccc1.Cl. The van der Waals surface area contributed by atoms with Crippen molar-refractivity contribution >= 4 is 18.3 Å². The summed E-state index contributed by atoms with van der Waals surface area (Å²) in [6.45, 7) is 4.47. The first kappa shape index (κ1) is 17.0. The molecule has 0 bridgehead atoms. The van der Waals surface area contributed by atoms with Crippen LogP contribution in [0, 0.1) is 0 Å². The summed E-state index contributed by atoms with van der Waals surface area (Å²) in [5.74, 6) is -0.0511. The van der Waals surface area contributed by atoms with Gasteiger partial charge >= 0.3 is 0 Å². The van der Waals surface area contributed by atoms with Gasteiger partial charge in [0.15, 0.2) is 0 Å². The maximum atomic E-state index is 12.2. The summed E-state index contributed by atoms with van der Waals surface area (Å²) in [5.41, 5.74) is 6.24. The molecule has 4 nitrogen and oxygen atoms in total. The van der Waals surface area contributed by atoms with Crippen LogP contribution in [0.5, 0.6) is 0 Å². The maximum absolute atomic E-state index is 12.2. The van der Waals surface area contributed by atoms with Crippen molar-refractivity contribution in [2.24, 2.45) is 5.73 Å². The van der Waals surface area contributed by atoms with Crippen LogP contribution in [0.25, 0.3) is 0 Å². The molecular weight excluding hydrogens is 276 g/mol. The standard InChI is InChI=1S/C15H22N2O2.ClH/c1-15(2,11-6-4-3-5-7-11)17-14(18)13-9-8-12(10-16)19-13;/h3-7,12-13H,8-10,16H2,1-2H3,(H,17,18);1H/t12-,13+;/m1./s1. The lowest BCUT2D eigenvalue weighted by molar-refractivity contribution is -0.133. The highest BCUT2D eigenvalue weighted by atomic mass is 35.5. The number of amides is 1. The van der Waals surface area contributed by atoms with E-state index >= 15 is 0 Å². The Hall–Kier alpha value is -1.10. The first-order valence-electron chi connectivity index (χ1n) is 6.76. The molecule has 1 aliphatic heterocycles. The Morgan fingerprint density at radius 2 is 2.00 bits per heavy atom. The Labute approximate surface area is 126 Å². The molecule has 20 heavy (non-hydrogen) atoms. The molecule has 1 amide bonds. The quantitative estimate of drug-likeness (QED) is 0.893. The fourth-order valence-corrected chi connectivity index (χ4v) is 2.39. The number of carbonyl (C=O) groups is 1. The maximum Gasteiger partial charge on any atom is 0.249 e. The molecule has 1 aliphatic rings. The Balaban J connectivity index is 0.00000200. The molecule has 2 rings (SSSR count). The van der Waals surface area contributed by atoms with Crippen LogP contribution in [0.15, 0.2) is 30.3 Å². The van der Waals surface area contributed by atoms with Gasteiger partial charge in [-0.25, -0.2) is 0 Å². The van der Waals surface area contributed by atoms with Gasteiger partial charge in [0, 0.05) is 6.54 Å². The molecule has 3 N–H and O–H groups in total. The molecule has 1 heterocycles. The number of hydrogen-bond donors (Lipinski definition) is 2. The Bertz CT molecular complexity index is 437. The van der Waals surface area contributed by atoms with Crippen LogP contribution < -0.4 is 11.1 Å². The Morgan fingerprint density at radius 1 is 1.35 bits per heavy atom. The second kappa shape index (κ2) is 7.07. The van der Waals surface area contributed by atoms with E-state index in [1.807, 2.05) is 44.2 Å². The van der Waals surface area contributed by atoms with E-state index in [1.54, 1.807) is 0 Å². The smallest absolute Gasteiger partial charge is 0.249 e. The van der Waals surface area contributed by atoms with Gasteiger partial charge in [0.05, 0.1) is 11.6 Å². The zero-order valence-corrected chi connectivity index (χ0v) is 12.8. The topological polar surface area (TPSA) is 64.4 Å². The Kier molecular flexibility index (Phi) is 5.99. The second-order valence-corrected chi connectivity index (χ2v) is 5.54. The minimum atomic E-state index is -0.400. The lowest BCUT2D eigenvalue weighted by Crippen LogP contribution is -2.46. The molecule has 0 spiro atoms. The molecule has 1 aromatic carbocycles. The zero-order valence-electron chi connectivity index (χ0n) is 12.0. The third kappa shape index (κ3) is 3.95. The predicted octanol–water partition coefficient (Wildman–Crippen LogP) is 1.97. The number of carbonyl (C=O) groups excluding carboxylic acids is 1. The van der Waals surface area contributed by atoms with Crippen molar-refractivity contribution in [3.05, 3.63) is 35.9 Å². The van der Waals surface area contributed by atoms with Crippen LogP contribution in [0.1, 0.15) is 32.3 Å². The first-order valence-corrected chi connectivity index (χ1v) is 6.76. The van der Waals surface area contributed by atoms with Crippen LogP contribution in [0.4, 0.5) is 0 Å². The molecule has 5 heteroatoms. The van der Waals surface area contributed by atoms with Crippen molar-refractivity contribution in [3.8, 4) is 0 Å². The normalized spacial score (nSPS) is 22.1. The summed E-state index contributed by atoms with van der Waals surface area (Å²) in [6, 6.07) is 9.93. The number of halogens is 1. The fourth-order valence-electron chi connectivity index (χ4n) is 2.39. The third-order valence-electron chi connectivity index (χ3n) is 3.59. The van der Waals surface area contributed by atoms with Crippen LogP contribution in [-0.4, -0.2) is 24.7 Å². The second-order valence-electron chi connectivity index (χ2n) is 5.54. The van der Waals surface area contributed by atoms with Gasteiger partial charge < -0.3 is 15.8 Å². The summed E-state index contributed by atoms with van der Waals surface area (Å²) < 4.78 is 5.62. The largest absolute Gasteiger partial charge is 0.364 e. The van der Waals surface area contributed by atoms with E-state index in [0.29, 0.717) is 6.54 Å². The molecule has 112 valence electrons. The number of hydrogen-bond acceptors (Lipinski definition) is 3. The van der Waals surface area contributed by atoms with E-state index < -0.39 is 5.54 Å². The molecule has 1 aromatic rings. The highest BCUT2D eigenvalue weighted by Crippen LogP contribution is 2.23. The minimum absolute atomic E-state index is 0. The van der Waals surface area contributed by atoms with E-state index in [-0.39, 0.29) is 30.5 Å². The average molecular weight is 299 g/mol. The van der Waals surface area contributed by atoms with Gasteiger partial charge in [0.1, 0.15) is 6.10 Å². The Morgan fingerprint density at radius 3 is 2.55 bits per heavy atom. The van der Waals surface area contributed by atoms with Crippen molar-refractivity contribution in [1.82, 2.24) is 5.32 Å². The number of nitrogens with two attached hydrogens (primary N) is 1. The number of ether oxygens (including phenoxy) is 1. The van der Waals surface area contributed by atoms with Crippen LogP contribution in [0.2, 0.25) is 0 Å². The van der Waals surface area contributed by atoms with Gasteiger partial charge in [-0.1, -0.05) is 30.3 Å². The van der Waals surface area contributed by atoms with Gasteiger partial charge in [-0.05, 0) is 32.3 Å². The van der Waals surface area contributed by atoms with Crippen molar-refractivity contribution in [1.29, 1.82) is 0 Å². The number of benzene rings is 1. The molecule has 0 radical (unpaired) electrons. The van der Waals surface area contributed by atoms with Crippen molar-refractivity contribution < 1.29 is 9.53 Å². The lowest BCUT2D eigenvalue weighted by Gasteiger charge is -2.28. The van der Waals surface area contributed by atoms with Gasteiger partial charge in [-0.3, -0.25) is 4.79 Å². The lowest BCUT2D eigenvalue weighted by atomic mass is 9.94. The molecule has 0 aliphatic carbocycles. The van der Waals surface area contributed by atoms with Crippen molar-refractivity contribution in [2.45, 2.75) is 44.4 Å². The summed E-state index contributed by atoms with van der Waals surface area (Å²) in [4.78, 5) is 12.2. The highest BCUT2D eigenvalue weighted by molar-refractivity contribution is 5.85. The van der Waals surface area contributed by atoms with Gasteiger partial charge in [0.2, 0.25) is 5.91 Å².